The number of ether oxygens (including phenoxy) is 1. The zero-order valence-electron chi connectivity index (χ0n) is 18.9. The highest BCUT2D eigenvalue weighted by Crippen LogP contribution is 2.56. The molecule has 0 aromatic heterocycles. The molecule has 2 bridgehead atoms. The van der Waals surface area contributed by atoms with Crippen LogP contribution in [0.4, 0.5) is 0 Å². The van der Waals surface area contributed by atoms with E-state index in [1.807, 2.05) is 72.8 Å². The number of esters is 1. The van der Waals surface area contributed by atoms with Gasteiger partial charge >= 0.3 is 5.97 Å². The molecule has 0 unspecified atom stereocenters. The molecule has 3 aliphatic carbocycles. The second-order valence-corrected chi connectivity index (χ2v) is 11.9. The first-order chi connectivity index (χ1) is 16.6. The predicted octanol–water partition coefficient (Wildman–Crippen LogP) is 5.10. The van der Waals surface area contributed by atoms with Crippen molar-refractivity contribution in [3.63, 3.8) is 0 Å². The molecule has 0 N–H and O–H groups in total. The second-order valence-electron chi connectivity index (χ2n) is 9.12. The fourth-order valence-corrected chi connectivity index (χ4v) is 8.66. The Morgan fingerprint density at radius 3 is 1.88 bits per heavy atom. The highest BCUT2D eigenvalue weighted by Gasteiger charge is 2.47. The lowest BCUT2D eigenvalue weighted by Crippen LogP contribution is -2.38. The van der Waals surface area contributed by atoms with Crippen LogP contribution in [0, 0.1) is 5.92 Å². The standard InChI is InChI=1S/C30H25O3P/c1-33-30(31)28-19-26-23-14-8-9-15-25(23)29(28)27-18-22(16-17-24(26)27)34(32,20-10-4-2-5-11-20)21-12-6-3-7-13-21/h2-18,26,28-29H,19H2,1H3/t26-,28+,29+/m0/s1. The van der Waals surface area contributed by atoms with Crippen molar-refractivity contribution in [2.45, 2.75) is 18.3 Å². The molecule has 0 fully saturated rings. The first-order valence-electron chi connectivity index (χ1n) is 11.6. The third-order valence-corrected chi connectivity index (χ3v) is 10.5. The normalized spacial score (nSPS) is 20.3. The molecular weight excluding hydrogens is 439 g/mol. The lowest BCUT2D eigenvalue weighted by molar-refractivity contribution is -0.146. The molecule has 0 heterocycles. The molecule has 3 atom stereocenters. The number of hydrogen-bond acceptors (Lipinski definition) is 3. The van der Waals surface area contributed by atoms with Gasteiger partial charge in [0.1, 0.15) is 0 Å². The highest BCUT2D eigenvalue weighted by atomic mass is 31.2. The summed E-state index contributed by atoms with van der Waals surface area (Å²) in [4.78, 5) is 12.8. The van der Waals surface area contributed by atoms with Gasteiger partial charge in [0, 0.05) is 27.7 Å². The van der Waals surface area contributed by atoms with Crippen molar-refractivity contribution < 1.29 is 14.1 Å². The van der Waals surface area contributed by atoms with E-state index in [1.54, 1.807) is 0 Å². The summed E-state index contributed by atoms with van der Waals surface area (Å²) >= 11 is 0. The van der Waals surface area contributed by atoms with Gasteiger partial charge in [0.2, 0.25) is 0 Å². The molecule has 0 aliphatic heterocycles. The average molecular weight is 465 g/mol. The zero-order valence-corrected chi connectivity index (χ0v) is 19.8. The monoisotopic (exact) mass is 464 g/mol. The van der Waals surface area contributed by atoms with Crippen LogP contribution >= 0.6 is 7.14 Å². The Morgan fingerprint density at radius 1 is 0.706 bits per heavy atom. The van der Waals surface area contributed by atoms with Gasteiger partial charge in [-0.15, -0.1) is 0 Å². The summed E-state index contributed by atoms with van der Waals surface area (Å²) in [6, 6.07) is 34.2. The van der Waals surface area contributed by atoms with Crippen molar-refractivity contribution in [3.8, 4) is 0 Å². The fourth-order valence-electron chi connectivity index (χ4n) is 5.98. The Hall–Kier alpha value is -3.42. The largest absolute Gasteiger partial charge is 0.469 e. The number of carbonyl (C=O) groups excluding carboxylic acids is 1. The van der Waals surface area contributed by atoms with Crippen LogP contribution in [-0.4, -0.2) is 13.1 Å². The van der Waals surface area contributed by atoms with Crippen LogP contribution in [0.1, 0.15) is 40.5 Å². The molecule has 4 heteroatoms. The van der Waals surface area contributed by atoms with Gasteiger partial charge in [-0.1, -0.05) is 97.1 Å². The average Bonchev–Trinajstić information content (AvgIpc) is 2.92. The number of methoxy groups -OCH3 is 1. The van der Waals surface area contributed by atoms with E-state index >= 15 is 0 Å². The van der Waals surface area contributed by atoms with Crippen molar-refractivity contribution in [3.05, 3.63) is 125 Å². The maximum Gasteiger partial charge on any atom is 0.309 e. The third-order valence-electron chi connectivity index (χ3n) is 7.49. The minimum atomic E-state index is -3.10. The van der Waals surface area contributed by atoms with Crippen molar-refractivity contribution in [1.82, 2.24) is 0 Å². The smallest absolute Gasteiger partial charge is 0.309 e. The summed E-state index contributed by atoms with van der Waals surface area (Å²) in [5.74, 6) is -0.360. The highest BCUT2D eigenvalue weighted by molar-refractivity contribution is 7.85. The lowest BCUT2D eigenvalue weighted by Gasteiger charge is -2.44. The molecule has 4 aromatic carbocycles. The van der Waals surface area contributed by atoms with Crippen LogP contribution < -0.4 is 15.9 Å². The van der Waals surface area contributed by atoms with Crippen LogP contribution in [0.3, 0.4) is 0 Å². The molecule has 0 saturated carbocycles. The van der Waals surface area contributed by atoms with E-state index < -0.39 is 7.14 Å². The maximum atomic E-state index is 14.9. The Kier molecular flexibility index (Phi) is 5.04. The minimum Gasteiger partial charge on any atom is -0.469 e. The van der Waals surface area contributed by atoms with E-state index in [9.17, 15) is 9.36 Å². The summed E-state index contributed by atoms with van der Waals surface area (Å²) in [5, 5.41) is 2.43. The number of rotatable bonds is 4. The Labute approximate surface area is 199 Å². The van der Waals surface area contributed by atoms with Crippen LogP contribution in [-0.2, 0) is 14.1 Å². The summed E-state index contributed by atoms with van der Waals surface area (Å²) < 4.78 is 20.2. The van der Waals surface area contributed by atoms with E-state index in [1.165, 1.54) is 23.8 Å². The van der Waals surface area contributed by atoms with Gasteiger partial charge in [-0.25, -0.2) is 0 Å². The molecule has 7 rings (SSSR count). The van der Waals surface area contributed by atoms with E-state index in [-0.39, 0.29) is 23.7 Å². The van der Waals surface area contributed by atoms with Crippen molar-refractivity contribution in [2.24, 2.45) is 5.92 Å². The van der Waals surface area contributed by atoms with Gasteiger partial charge in [-0.3, -0.25) is 4.79 Å². The summed E-state index contributed by atoms with van der Waals surface area (Å²) in [6.45, 7) is 0. The predicted molar refractivity (Wildman–Crippen MR) is 136 cm³/mol. The van der Waals surface area contributed by atoms with Gasteiger partial charge in [-0.05, 0) is 34.7 Å². The Balaban J connectivity index is 1.58. The van der Waals surface area contributed by atoms with Gasteiger partial charge < -0.3 is 9.30 Å². The molecule has 0 spiro atoms. The fraction of sp³-hybridized carbons (Fsp3) is 0.167. The summed E-state index contributed by atoms with van der Waals surface area (Å²) in [7, 11) is -1.63. The topological polar surface area (TPSA) is 43.4 Å². The van der Waals surface area contributed by atoms with Crippen molar-refractivity contribution in [1.29, 1.82) is 0 Å². The summed E-state index contributed by atoms with van der Waals surface area (Å²) in [5.41, 5.74) is 4.82. The van der Waals surface area contributed by atoms with Gasteiger partial charge in [0.05, 0.1) is 13.0 Å². The van der Waals surface area contributed by atoms with Gasteiger partial charge in [0.25, 0.3) is 0 Å². The SMILES string of the molecule is COC(=O)[C@@H]1C[C@H]2c3ccccc3[C@@H]1c1cc(P(=O)(c3ccccc3)c3ccccc3)ccc12. The van der Waals surface area contributed by atoms with E-state index in [0.29, 0.717) is 0 Å². The van der Waals surface area contributed by atoms with Crippen LogP contribution in [0.2, 0.25) is 0 Å². The first-order valence-corrected chi connectivity index (χ1v) is 13.4. The Morgan fingerprint density at radius 2 is 1.26 bits per heavy atom. The lowest BCUT2D eigenvalue weighted by atomic mass is 9.59. The molecule has 0 saturated heterocycles. The maximum absolute atomic E-state index is 14.9. The molecule has 168 valence electrons. The zero-order chi connectivity index (χ0) is 23.3. The Bertz CT molecular complexity index is 1380. The number of fused-ring (bicyclic) bond motifs is 1. The quantitative estimate of drug-likeness (QED) is 0.312. The molecule has 0 radical (unpaired) electrons. The summed E-state index contributed by atoms with van der Waals surface area (Å²) in [6.07, 6.45) is 0.746. The van der Waals surface area contributed by atoms with Crippen LogP contribution in [0.5, 0.6) is 0 Å². The van der Waals surface area contributed by atoms with Crippen LogP contribution in [0.25, 0.3) is 0 Å². The van der Waals surface area contributed by atoms with Gasteiger partial charge in [0.15, 0.2) is 7.14 Å². The minimum absolute atomic E-state index is 0.0939. The molecule has 34 heavy (non-hydrogen) atoms. The number of hydrogen-bond donors (Lipinski definition) is 0. The third kappa shape index (κ3) is 3.04. The first kappa shape index (κ1) is 21.1. The van der Waals surface area contributed by atoms with E-state index in [0.717, 1.165) is 27.9 Å². The molecule has 0 amide bonds. The van der Waals surface area contributed by atoms with E-state index in [2.05, 4.69) is 30.3 Å². The van der Waals surface area contributed by atoms with Crippen molar-refractivity contribution in [2.75, 3.05) is 7.11 Å². The number of carbonyl (C=O) groups is 1. The molecule has 3 nitrogen and oxygen atoms in total. The molecular formula is C30H25O3P. The van der Waals surface area contributed by atoms with E-state index in [4.69, 9.17) is 4.74 Å². The van der Waals surface area contributed by atoms with Crippen molar-refractivity contribution >= 4 is 29.0 Å². The van der Waals surface area contributed by atoms with Crippen LogP contribution in [0.15, 0.2) is 103 Å². The molecule has 4 aromatic rings. The second kappa shape index (κ2) is 8.11. The number of benzene rings is 4. The molecule has 3 aliphatic rings. The van der Waals surface area contributed by atoms with Gasteiger partial charge in [-0.2, -0.15) is 0 Å².